The van der Waals surface area contributed by atoms with E-state index in [2.05, 4.69) is 70.4 Å². The number of nitrogens with zero attached hydrogens (tertiary/aromatic N) is 3. The monoisotopic (exact) mass is 732 g/mol. The Morgan fingerprint density at radius 3 is 2.16 bits per heavy atom. The van der Waals surface area contributed by atoms with Gasteiger partial charge < -0.3 is 14.4 Å². The number of pyridine rings is 3. The molecule has 209 valence electrons. The van der Waals surface area contributed by atoms with E-state index in [1.54, 1.807) is 12.4 Å². The summed E-state index contributed by atoms with van der Waals surface area (Å²) in [6.45, 7) is 2.14. The minimum atomic E-state index is 0. The van der Waals surface area contributed by atoms with E-state index in [1.807, 2.05) is 85.2 Å². The van der Waals surface area contributed by atoms with Gasteiger partial charge in [-0.2, -0.15) is 0 Å². The van der Waals surface area contributed by atoms with Crippen molar-refractivity contribution < 1.29 is 24.5 Å². The second-order valence-corrected chi connectivity index (χ2v) is 9.94. The molecule has 4 aromatic carbocycles. The standard InChI is InChI=1S/C27H17N2O.C11H8N.Ir/c1-17-11-12-18-13-15-28-16-23(18)25(17)22-9-5-7-20-19-6-4-8-21(26(19)30-27(20)22)24-10-2-3-14-29-24;1-2-6-10(7-3-1)11-8-4-5-9-12-11;/h2-7,9-16H,1H3;1-6,8-9H;/q2*-1;. The predicted molar refractivity (Wildman–Crippen MR) is 170 cm³/mol. The van der Waals surface area contributed by atoms with Crippen LogP contribution in [0, 0.1) is 19.1 Å². The summed E-state index contributed by atoms with van der Waals surface area (Å²) in [5, 5.41) is 4.46. The zero-order valence-electron chi connectivity index (χ0n) is 23.3. The molecule has 43 heavy (non-hydrogen) atoms. The molecule has 0 unspecified atom stereocenters. The maximum atomic E-state index is 6.54. The summed E-state index contributed by atoms with van der Waals surface area (Å²) < 4.78 is 6.54. The number of aromatic nitrogens is 3. The minimum absolute atomic E-state index is 0. The van der Waals surface area contributed by atoms with Crippen molar-refractivity contribution in [1.82, 2.24) is 15.0 Å². The van der Waals surface area contributed by atoms with E-state index in [9.17, 15) is 0 Å². The van der Waals surface area contributed by atoms with Gasteiger partial charge in [0, 0.05) is 61.2 Å². The quantitative estimate of drug-likeness (QED) is 0.170. The first-order chi connectivity index (χ1) is 20.8. The normalized spacial score (nSPS) is 10.7. The largest absolute Gasteiger partial charge is 0.500 e. The van der Waals surface area contributed by atoms with Crippen LogP contribution in [0.4, 0.5) is 0 Å². The number of fused-ring (bicyclic) bond motifs is 4. The van der Waals surface area contributed by atoms with Gasteiger partial charge in [-0.3, -0.25) is 4.98 Å². The Bertz CT molecular complexity index is 2110. The number of hydrogen-bond acceptors (Lipinski definition) is 4. The molecule has 5 heteroatoms. The van der Waals surface area contributed by atoms with Crippen molar-refractivity contribution in [1.29, 1.82) is 0 Å². The van der Waals surface area contributed by atoms with Crippen LogP contribution in [-0.4, -0.2) is 15.0 Å². The number of aryl methyl sites for hydroxylation is 1. The van der Waals surface area contributed by atoms with Crippen LogP contribution in [0.1, 0.15) is 5.56 Å². The Hall–Kier alpha value is -4.96. The fraction of sp³-hybridized carbons (Fsp3) is 0.0263. The van der Waals surface area contributed by atoms with Crippen molar-refractivity contribution in [3.63, 3.8) is 0 Å². The summed E-state index contributed by atoms with van der Waals surface area (Å²) in [5.74, 6) is 0. The summed E-state index contributed by atoms with van der Waals surface area (Å²) in [5.41, 5.74) is 8.87. The molecule has 1 radical (unpaired) electrons. The van der Waals surface area contributed by atoms with Crippen LogP contribution in [0.2, 0.25) is 0 Å². The van der Waals surface area contributed by atoms with E-state index in [4.69, 9.17) is 4.42 Å². The van der Waals surface area contributed by atoms with Gasteiger partial charge in [-0.15, -0.1) is 54.1 Å². The second kappa shape index (κ2) is 12.5. The molecule has 4 aromatic heterocycles. The van der Waals surface area contributed by atoms with Crippen LogP contribution in [0.25, 0.3) is 66.4 Å². The number of hydrogen-bond donors (Lipinski definition) is 0. The zero-order valence-corrected chi connectivity index (χ0v) is 25.7. The van der Waals surface area contributed by atoms with Crippen LogP contribution in [-0.2, 0) is 20.1 Å². The van der Waals surface area contributed by atoms with Crippen molar-refractivity contribution in [3.05, 3.63) is 152 Å². The summed E-state index contributed by atoms with van der Waals surface area (Å²) in [6, 6.07) is 42.7. The third-order valence-corrected chi connectivity index (χ3v) is 7.33. The molecule has 8 rings (SSSR count). The topological polar surface area (TPSA) is 51.8 Å². The Balaban J connectivity index is 0.000000213. The van der Waals surface area contributed by atoms with Crippen LogP contribution in [0.5, 0.6) is 0 Å². The van der Waals surface area contributed by atoms with Gasteiger partial charge in [0.05, 0.1) is 5.58 Å². The summed E-state index contributed by atoms with van der Waals surface area (Å²) >= 11 is 0. The average Bonchev–Trinajstić information content (AvgIpc) is 3.46. The van der Waals surface area contributed by atoms with Crippen LogP contribution in [0.15, 0.2) is 138 Å². The number of rotatable bonds is 3. The van der Waals surface area contributed by atoms with Gasteiger partial charge in [0.15, 0.2) is 0 Å². The third-order valence-electron chi connectivity index (χ3n) is 7.33. The van der Waals surface area contributed by atoms with Crippen molar-refractivity contribution in [3.8, 4) is 33.6 Å². The number of para-hydroxylation sites is 1. The number of benzene rings is 4. The first-order valence-electron chi connectivity index (χ1n) is 13.8. The van der Waals surface area contributed by atoms with Crippen molar-refractivity contribution in [2.45, 2.75) is 6.92 Å². The molecule has 0 aliphatic carbocycles. The fourth-order valence-corrected chi connectivity index (χ4v) is 5.36. The Kier molecular flexibility index (Phi) is 8.19. The van der Waals surface area contributed by atoms with Crippen molar-refractivity contribution >= 4 is 32.7 Å². The van der Waals surface area contributed by atoms with E-state index in [-0.39, 0.29) is 20.1 Å². The smallest absolute Gasteiger partial charge is 0.128 e. The van der Waals surface area contributed by atoms with E-state index in [0.29, 0.717) is 0 Å². The molecular weight excluding hydrogens is 707 g/mol. The van der Waals surface area contributed by atoms with Gasteiger partial charge in [-0.25, -0.2) is 0 Å². The van der Waals surface area contributed by atoms with Gasteiger partial charge in [0.2, 0.25) is 0 Å². The maximum Gasteiger partial charge on any atom is 0.128 e. The van der Waals surface area contributed by atoms with E-state index in [1.165, 1.54) is 10.9 Å². The van der Waals surface area contributed by atoms with E-state index in [0.717, 1.165) is 61.0 Å². The van der Waals surface area contributed by atoms with Crippen LogP contribution >= 0.6 is 0 Å². The molecule has 0 atom stereocenters. The maximum absolute atomic E-state index is 6.54. The second-order valence-electron chi connectivity index (χ2n) is 9.94. The molecular formula is C38H25IrN3O-2. The molecule has 0 spiro atoms. The Morgan fingerprint density at radius 2 is 1.40 bits per heavy atom. The zero-order chi connectivity index (χ0) is 28.3. The molecule has 0 saturated carbocycles. The number of furan rings is 1. The van der Waals surface area contributed by atoms with Gasteiger partial charge in [-0.1, -0.05) is 65.5 Å². The first-order valence-corrected chi connectivity index (χ1v) is 13.8. The molecule has 0 bridgehead atoms. The summed E-state index contributed by atoms with van der Waals surface area (Å²) in [7, 11) is 0. The predicted octanol–water partition coefficient (Wildman–Crippen LogP) is 9.52. The summed E-state index contributed by atoms with van der Waals surface area (Å²) in [6.07, 6.45) is 7.35. The first kappa shape index (κ1) is 28.2. The molecule has 0 saturated heterocycles. The average molecular weight is 732 g/mol. The molecule has 4 heterocycles. The third kappa shape index (κ3) is 5.49. The molecule has 8 aromatic rings. The molecule has 0 amide bonds. The summed E-state index contributed by atoms with van der Waals surface area (Å²) in [4.78, 5) is 13.1. The fourth-order valence-electron chi connectivity index (χ4n) is 5.36. The van der Waals surface area contributed by atoms with Crippen molar-refractivity contribution in [2.75, 3.05) is 0 Å². The molecule has 4 nitrogen and oxygen atoms in total. The molecule has 0 fully saturated rings. The molecule has 0 aliphatic rings. The van der Waals surface area contributed by atoms with E-state index >= 15 is 0 Å². The van der Waals surface area contributed by atoms with Gasteiger partial charge in [-0.05, 0) is 53.0 Å². The van der Waals surface area contributed by atoms with Crippen LogP contribution < -0.4 is 0 Å². The van der Waals surface area contributed by atoms with Crippen molar-refractivity contribution in [2.24, 2.45) is 0 Å². The minimum Gasteiger partial charge on any atom is -0.500 e. The van der Waals surface area contributed by atoms with Gasteiger partial charge >= 0.3 is 0 Å². The van der Waals surface area contributed by atoms with Gasteiger partial charge in [0.25, 0.3) is 0 Å². The van der Waals surface area contributed by atoms with E-state index < -0.39 is 0 Å². The molecule has 0 aliphatic heterocycles. The Morgan fingerprint density at radius 1 is 0.605 bits per heavy atom. The van der Waals surface area contributed by atoms with Gasteiger partial charge in [0.1, 0.15) is 5.58 Å². The Labute approximate surface area is 263 Å². The molecule has 0 N–H and O–H groups in total. The van der Waals surface area contributed by atoms with Crippen LogP contribution in [0.3, 0.4) is 0 Å². The SMILES string of the molecule is Cc1ccc2ccncc2c1-c1cccc2c1oc1c(-c3ccccn3)[c-]ccc12.[Ir].[c-]1ccccc1-c1ccccn1.